The van der Waals surface area contributed by atoms with Crippen LogP contribution in [0.5, 0.6) is 0 Å². The van der Waals surface area contributed by atoms with Crippen LogP contribution in [0, 0.1) is 11.8 Å². The Labute approximate surface area is 152 Å². The first-order valence-electron chi connectivity index (χ1n) is 8.72. The van der Waals surface area contributed by atoms with Crippen molar-refractivity contribution in [3.8, 4) is 0 Å². The Morgan fingerprint density at radius 1 is 1.39 bits per heavy atom. The standard InChI is InChI=1S/C17H32N2O2S2/c1-5-11(2)15(23)16(20)18-9-14-8-6-7-12(3)19(17(14)21)13(4)10-22/h11-15,22-23H,5-10H2,1-4H3,(H,18,20)/t11-,12?,13+,14+,15-/m0/s1. The van der Waals surface area contributed by atoms with Gasteiger partial charge in [0.15, 0.2) is 0 Å². The number of rotatable bonds is 7. The molecule has 0 aliphatic carbocycles. The molecule has 0 aromatic carbocycles. The summed E-state index contributed by atoms with van der Waals surface area (Å²) in [6, 6.07) is 0.359. The molecule has 0 bridgehead atoms. The topological polar surface area (TPSA) is 49.4 Å². The predicted octanol–water partition coefficient (Wildman–Crippen LogP) is 2.78. The van der Waals surface area contributed by atoms with E-state index in [0.717, 1.165) is 25.7 Å². The van der Waals surface area contributed by atoms with Crippen LogP contribution in [0.15, 0.2) is 0 Å². The maximum Gasteiger partial charge on any atom is 0.233 e. The Morgan fingerprint density at radius 2 is 2.04 bits per heavy atom. The predicted molar refractivity (Wildman–Crippen MR) is 102 cm³/mol. The van der Waals surface area contributed by atoms with Crippen LogP contribution in [-0.2, 0) is 9.59 Å². The molecule has 0 saturated carbocycles. The van der Waals surface area contributed by atoms with Gasteiger partial charge in [-0.05, 0) is 32.6 Å². The molecule has 0 radical (unpaired) electrons. The third kappa shape index (κ3) is 5.59. The van der Waals surface area contributed by atoms with Gasteiger partial charge in [0, 0.05) is 24.4 Å². The van der Waals surface area contributed by atoms with Crippen LogP contribution in [-0.4, -0.2) is 46.3 Å². The molecule has 1 saturated heterocycles. The molecule has 4 nitrogen and oxygen atoms in total. The zero-order chi connectivity index (χ0) is 17.6. The fraction of sp³-hybridized carbons (Fsp3) is 0.882. The van der Waals surface area contributed by atoms with Crippen LogP contribution in [0.4, 0.5) is 0 Å². The van der Waals surface area contributed by atoms with E-state index in [1.54, 1.807) is 0 Å². The molecule has 1 aliphatic heterocycles. The highest BCUT2D eigenvalue weighted by Crippen LogP contribution is 2.24. The van der Waals surface area contributed by atoms with Gasteiger partial charge in [0.25, 0.3) is 0 Å². The Hall–Kier alpha value is -0.360. The summed E-state index contributed by atoms with van der Waals surface area (Å²) in [5, 5.41) is 2.62. The summed E-state index contributed by atoms with van der Waals surface area (Å²) in [5.74, 6) is 0.826. The van der Waals surface area contributed by atoms with Crippen LogP contribution < -0.4 is 5.32 Å². The first-order valence-corrected chi connectivity index (χ1v) is 9.87. The van der Waals surface area contributed by atoms with Gasteiger partial charge in [-0.2, -0.15) is 25.3 Å². The molecule has 2 amide bonds. The molecule has 6 heteroatoms. The van der Waals surface area contributed by atoms with Gasteiger partial charge in [-0.25, -0.2) is 0 Å². The van der Waals surface area contributed by atoms with Gasteiger partial charge in [0.1, 0.15) is 0 Å². The summed E-state index contributed by atoms with van der Waals surface area (Å²) >= 11 is 8.75. The number of carbonyl (C=O) groups excluding carboxylic acids is 2. The van der Waals surface area contributed by atoms with Gasteiger partial charge in [-0.1, -0.05) is 26.7 Å². The normalized spacial score (nSPS) is 26.3. The van der Waals surface area contributed by atoms with E-state index in [1.165, 1.54) is 0 Å². The lowest BCUT2D eigenvalue weighted by molar-refractivity contribution is -0.138. The van der Waals surface area contributed by atoms with E-state index in [4.69, 9.17) is 0 Å². The van der Waals surface area contributed by atoms with Gasteiger partial charge < -0.3 is 10.2 Å². The third-order valence-electron chi connectivity index (χ3n) is 4.97. The number of hydrogen-bond donors (Lipinski definition) is 3. The smallest absolute Gasteiger partial charge is 0.233 e. The summed E-state index contributed by atoms with van der Waals surface area (Å²) in [6.07, 6.45) is 3.77. The van der Waals surface area contributed by atoms with Crippen LogP contribution >= 0.6 is 25.3 Å². The number of carbonyl (C=O) groups is 2. The average Bonchev–Trinajstić information content (AvgIpc) is 2.68. The molecule has 1 unspecified atom stereocenters. The van der Waals surface area contributed by atoms with Crippen LogP contribution in [0.2, 0.25) is 0 Å². The molecule has 0 spiro atoms. The van der Waals surface area contributed by atoms with Gasteiger partial charge in [0.2, 0.25) is 11.8 Å². The van der Waals surface area contributed by atoms with Crippen molar-refractivity contribution in [3.05, 3.63) is 0 Å². The maximum absolute atomic E-state index is 12.9. The Balaban J connectivity index is 2.68. The molecule has 0 aromatic heterocycles. The molecular weight excluding hydrogens is 328 g/mol. The zero-order valence-electron chi connectivity index (χ0n) is 14.8. The minimum absolute atomic E-state index is 0.0680. The lowest BCUT2D eigenvalue weighted by Crippen LogP contribution is -2.49. The second-order valence-electron chi connectivity index (χ2n) is 6.83. The van der Waals surface area contributed by atoms with E-state index >= 15 is 0 Å². The van der Waals surface area contributed by atoms with Crippen molar-refractivity contribution in [2.24, 2.45) is 11.8 Å². The number of nitrogens with one attached hydrogen (secondary N) is 1. The fourth-order valence-electron chi connectivity index (χ4n) is 3.09. The van der Waals surface area contributed by atoms with Crippen molar-refractivity contribution >= 4 is 37.1 Å². The van der Waals surface area contributed by atoms with E-state index < -0.39 is 0 Å². The van der Waals surface area contributed by atoms with Crippen molar-refractivity contribution < 1.29 is 9.59 Å². The molecule has 0 aromatic rings. The maximum atomic E-state index is 12.9. The van der Waals surface area contributed by atoms with Crippen LogP contribution in [0.1, 0.15) is 53.4 Å². The second kappa shape index (κ2) is 9.82. The number of hydrogen-bond acceptors (Lipinski definition) is 4. The first kappa shape index (κ1) is 20.7. The first-order chi connectivity index (χ1) is 10.8. The monoisotopic (exact) mass is 360 g/mol. The Kier molecular flexibility index (Phi) is 8.83. The summed E-state index contributed by atoms with van der Waals surface area (Å²) in [5.41, 5.74) is 0. The number of likely N-dealkylation sites (tertiary alicyclic amines) is 1. The lowest BCUT2D eigenvalue weighted by Gasteiger charge is -2.34. The molecule has 134 valence electrons. The molecule has 23 heavy (non-hydrogen) atoms. The van der Waals surface area contributed by atoms with Crippen LogP contribution in [0.3, 0.4) is 0 Å². The third-order valence-corrected chi connectivity index (χ3v) is 6.24. The molecule has 1 N–H and O–H groups in total. The number of nitrogens with zero attached hydrogens (tertiary/aromatic N) is 1. The molecule has 1 aliphatic rings. The largest absolute Gasteiger partial charge is 0.354 e. The number of thiol groups is 2. The van der Waals surface area contributed by atoms with E-state index in [0.29, 0.717) is 12.3 Å². The average molecular weight is 361 g/mol. The van der Waals surface area contributed by atoms with Gasteiger partial charge in [-0.15, -0.1) is 0 Å². The van der Waals surface area contributed by atoms with E-state index in [2.05, 4.69) is 37.5 Å². The minimum atomic E-state index is -0.313. The Bertz CT molecular complexity index is 406. The SMILES string of the molecule is CC[C@H](C)[C@H](S)C(=O)NC[C@H]1CCCC(C)N([C@H](C)CS)C1=O. The lowest BCUT2D eigenvalue weighted by atomic mass is 10.0. The van der Waals surface area contributed by atoms with E-state index in [9.17, 15) is 9.59 Å². The zero-order valence-corrected chi connectivity index (χ0v) is 16.6. The summed E-state index contributed by atoms with van der Waals surface area (Å²) < 4.78 is 0. The summed E-state index contributed by atoms with van der Waals surface area (Å²) in [4.78, 5) is 27.0. The number of amides is 2. The van der Waals surface area contributed by atoms with Crippen molar-refractivity contribution in [1.29, 1.82) is 0 Å². The molecule has 1 fully saturated rings. The van der Waals surface area contributed by atoms with Crippen LogP contribution in [0.25, 0.3) is 0 Å². The molecule has 1 heterocycles. The van der Waals surface area contributed by atoms with Gasteiger partial charge in [-0.3, -0.25) is 9.59 Å². The van der Waals surface area contributed by atoms with Crippen molar-refractivity contribution in [2.45, 2.75) is 70.7 Å². The van der Waals surface area contributed by atoms with Gasteiger partial charge >= 0.3 is 0 Å². The highest BCUT2D eigenvalue weighted by molar-refractivity contribution is 7.81. The second-order valence-corrected chi connectivity index (χ2v) is 7.75. The highest BCUT2D eigenvalue weighted by Gasteiger charge is 2.33. The molecule has 5 atom stereocenters. The van der Waals surface area contributed by atoms with Crippen molar-refractivity contribution in [3.63, 3.8) is 0 Å². The van der Waals surface area contributed by atoms with E-state index in [-0.39, 0.29) is 41.0 Å². The summed E-state index contributed by atoms with van der Waals surface area (Å²) in [6.45, 7) is 8.62. The fourth-order valence-corrected chi connectivity index (χ4v) is 3.57. The molecule has 1 rings (SSSR count). The van der Waals surface area contributed by atoms with E-state index in [1.807, 2.05) is 25.7 Å². The van der Waals surface area contributed by atoms with Gasteiger partial charge in [0.05, 0.1) is 11.2 Å². The highest BCUT2D eigenvalue weighted by atomic mass is 32.1. The minimum Gasteiger partial charge on any atom is -0.354 e. The Morgan fingerprint density at radius 3 is 2.61 bits per heavy atom. The molecular formula is C17H32N2O2S2. The van der Waals surface area contributed by atoms with Crippen molar-refractivity contribution in [1.82, 2.24) is 10.2 Å². The quantitative estimate of drug-likeness (QED) is 0.612. The van der Waals surface area contributed by atoms with Crippen molar-refractivity contribution in [2.75, 3.05) is 12.3 Å². The summed E-state index contributed by atoms with van der Waals surface area (Å²) in [7, 11) is 0.